The summed E-state index contributed by atoms with van der Waals surface area (Å²) >= 11 is 3.21. The highest BCUT2D eigenvalue weighted by molar-refractivity contribution is 7.10. The number of fused-ring (bicyclic) bond motifs is 4. The summed E-state index contributed by atoms with van der Waals surface area (Å²) in [5, 5.41) is 3.25. The highest BCUT2D eigenvalue weighted by Gasteiger charge is 2.33. The highest BCUT2D eigenvalue weighted by atomic mass is 32.1. The second kappa shape index (κ2) is 7.52. The summed E-state index contributed by atoms with van der Waals surface area (Å²) in [6.07, 6.45) is 6.04. The van der Waals surface area contributed by atoms with Crippen molar-refractivity contribution >= 4 is 45.3 Å². The number of aromatic nitrogens is 2. The SMILES string of the molecule is Cn1cc(/C=c2\sc3n(c2=O)C(c2cccs2)C2=C(N=3)c3ccccc3CC2)c2ccccc21. The topological polar surface area (TPSA) is 39.3 Å². The fourth-order valence-electron chi connectivity index (χ4n) is 5.35. The molecule has 0 spiro atoms. The lowest BCUT2D eigenvalue weighted by molar-refractivity contribution is 0.593. The molecule has 4 heterocycles. The summed E-state index contributed by atoms with van der Waals surface area (Å²) in [5.41, 5.74) is 7.11. The Hall–Kier alpha value is -3.48. The summed E-state index contributed by atoms with van der Waals surface area (Å²) in [7, 11) is 2.05. The van der Waals surface area contributed by atoms with Crippen LogP contribution < -0.4 is 14.9 Å². The lowest BCUT2D eigenvalue weighted by Crippen LogP contribution is -2.38. The number of thiophene rings is 1. The van der Waals surface area contributed by atoms with Gasteiger partial charge in [-0.05, 0) is 47.6 Å². The average molecular weight is 480 g/mol. The zero-order valence-electron chi connectivity index (χ0n) is 18.6. The van der Waals surface area contributed by atoms with Gasteiger partial charge in [0.05, 0.1) is 16.3 Å². The summed E-state index contributed by atoms with van der Waals surface area (Å²) in [4.78, 5) is 20.9. The first-order chi connectivity index (χ1) is 16.7. The van der Waals surface area contributed by atoms with Crippen molar-refractivity contribution in [2.45, 2.75) is 18.9 Å². The summed E-state index contributed by atoms with van der Waals surface area (Å²) < 4.78 is 4.77. The molecular weight excluding hydrogens is 458 g/mol. The van der Waals surface area contributed by atoms with E-state index in [0.717, 1.165) is 44.3 Å². The Kier molecular flexibility index (Phi) is 4.41. The maximum absolute atomic E-state index is 13.8. The lowest BCUT2D eigenvalue weighted by Gasteiger charge is -2.30. The van der Waals surface area contributed by atoms with Crippen LogP contribution in [0.25, 0.3) is 22.7 Å². The highest BCUT2D eigenvalue weighted by Crippen LogP contribution is 2.42. The number of thiazole rings is 1. The van der Waals surface area contributed by atoms with Gasteiger partial charge in [-0.15, -0.1) is 11.3 Å². The Morgan fingerprint density at radius 3 is 2.76 bits per heavy atom. The number of nitrogens with zero attached hydrogens (tertiary/aromatic N) is 3. The first-order valence-electron chi connectivity index (χ1n) is 11.4. The number of benzene rings is 2. The standard InChI is InChI=1S/C28H21N3OS2/c1-30-16-18(19-8-4-5-10-22(19)30)15-24-27(32)31-26(23-11-6-14-33-23)21-13-12-17-7-2-3-9-20(17)25(21)29-28(31)34-24/h2-11,14-16,26H,12-13H2,1H3/b24-15-. The molecule has 5 aromatic rings. The van der Waals surface area contributed by atoms with Crippen molar-refractivity contribution in [1.82, 2.24) is 9.13 Å². The summed E-state index contributed by atoms with van der Waals surface area (Å²) in [6, 6.07) is 21.0. The second-order valence-corrected chi connectivity index (χ2v) is 10.8. The predicted molar refractivity (Wildman–Crippen MR) is 140 cm³/mol. The number of allylic oxidation sites excluding steroid dienone is 1. The molecule has 6 heteroatoms. The van der Waals surface area contributed by atoms with Gasteiger partial charge in [-0.3, -0.25) is 9.36 Å². The molecule has 4 nitrogen and oxygen atoms in total. The van der Waals surface area contributed by atoms with Gasteiger partial charge >= 0.3 is 0 Å². The summed E-state index contributed by atoms with van der Waals surface area (Å²) in [6.45, 7) is 0. The van der Waals surface area contributed by atoms with Crippen molar-refractivity contribution in [1.29, 1.82) is 0 Å². The molecule has 166 valence electrons. The Morgan fingerprint density at radius 1 is 1.03 bits per heavy atom. The lowest BCUT2D eigenvalue weighted by atomic mass is 9.85. The van der Waals surface area contributed by atoms with Crippen molar-refractivity contribution < 1.29 is 0 Å². The molecule has 0 saturated carbocycles. The van der Waals surface area contributed by atoms with Crippen LogP contribution in [-0.2, 0) is 13.5 Å². The molecule has 3 aromatic heterocycles. The Balaban J connectivity index is 1.50. The first kappa shape index (κ1) is 19.9. The number of hydrogen-bond acceptors (Lipinski definition) is 4. The van der Waals surface area contributed by atoms with Gasteiger partial charge in [0.2, 0.25) is 0 Å². The minimum Gasteiger partial charge on any atom is -0.350 e. The molecule has 0 fully saturated rings. The van der Waals surface area contributed by atoms with Crippen molar-refractivity contribution in [2.24, 2.45) is 12.0 Å². The van der Waals surface area contributed by atoms with Crippen molar-refractivity contribution in [3.63, 3.8) is 0 Å². The zero-order valence-corrected chi connectivity index (χ0v) is 20.2. The number of hydrogen-bond donors (Lipinski definition) is 0. The third-order valence-electron chi connectivity index (χ3n) is 6.90. The van der Waals surface area contributed by atoms with Crippen LogP contribution >= 0.6 is 22.7 Å². The molecule has 1 atom stereocenters. The van der Waals surface area contributed by atoms with Gasteiger partial charge in [-0.2, -0.15) is 0 Å². The van der Waals surface area contributed by atoms with E-state index in [4.69, 9.17) is 4.99 Å². The molecule has 0 saturated heterocycles. The molecule has 1 aliphatic heterocycles. The van der Waals surface area contributed by atoms with Crippen LogP contribution in [0.5, 0.6) is 0 Å². The van der Waals surface area contributed by atoms with E-state index in [1.807, 2.05) is 29.8 Å². The third kappa shape index (κ3) is 2.89. The molecule has 34 heavy (non-hydrogen) atoms. The van der Waals surface area contributed by atoms with Crippen molar-refractivity contribution in [3.8, 4) is 0 Å². The van der Waals surface area contributed by atoms with E-state index < -0.39 is 0 Å². The van der Waals surface area contributed by atoms with Crippen LogP contribution in [0.3, 0.4) is 0 Å². The summed E-state index contributed by atoms with van der Waals surface area (Å²) in [5.74, 6) is 0. The van der Waals surface area contributed by atoms with E-state index in [0.29, 0.717) is 0 Å². The molecule has 2 aliphatic rings. The molecule has 0 bridgehead atoms. The zero-order chi connectivity index (χ0) is 22.8. The molecule has 1 aliphatic carbocycles. The molecular formula is C28H21N3OS2. The van der Waals surface area contributed by atoms with Crippen molar-refractivity contribution in [3.05, 3.63) is 119 Å². The van der Waals surface area contributed by atoms with E-state index in [2.05, 4.69) is 64.7 Å². The van der Waals surface area contributed by atoms with E-state index in [1.165, 1.54) is 32.9 Å². The van der Waals surface area contributed by atoms with Crippen LogP contribution in [0, 0.1) is 0 Å². The van der Waals surface area contributed by atoms with E-state index in [9.17, 15) is 4.79 Å². The van der Waals surface area contributed by atoms with Gasteiger partial charge in [0.25, 0.3) is 5.56 Å². The van der Waals surface area contributed by atoms with Gasteiger partial charge in [-0.25, -0.2) is 4.99 Å². The Bertz CT molecular complexity index is 1800. The molecule has 2 aromatic carbocycles. The van der Waals surface area contributed by atoms with Crippen LogP contribution in [0.2, 0.25) is 0 Å². The Labute approximate surface area is 204 Å². The molecule has 1 unspecified atom stereocenters. The van der Waals surface area contributed by atoms with Gasteiger partial charge in [-0.1, -0.05) is 59.9 Å². The van der Waals surface area contributed by atoms with Crippen molar-refractivity contribution in [2.75, 3.05) is 0 Å². The smallest absolute Gasteiger partial charge is 0.271 e. The van der Waals surface area contributed by atoms with E-state index in [-0.39, 0.29) is 11.6 Å². The minimum absolute atomic E-state index is 0.0421. The number of aryl methyl sites for hydroxylation is 2. The second-order valence-electron chi connectivity index (χ2n) is 8.84. The van der Waals surface area contributed by atoms with Gasteiger partial charge in [0.1, 0.15) is 0 Å². The average Bonchev–Trinajstić information content (AvgIpc) is 3.58. The fourth-order valence-corrected chi connectivity index (χ4v) is 7.19. The number of rotatable bonds is 2. The van der Waals surface area contributed by atoms with Crippen LogP contribution in [0.4, 0.5) is 0 Å². The number of para-hydroxylation sites is 1. The predicted octanol–water partition coefficient (Wildman–Crippen LogP) is 4.87. The van der Waals surface area contributed by atoms with Gasteiger partial charge in [0, 0.05) is 40.2 Å². The fraction of sp³-hybridized carbons (Fsp3) is 0.143. The third-order valence-corrected chi connectivity index (χ3v) is 8.81. The maximum Gasteiger partial charge on any atom is 0.271 e. The monoisotopic (exact) mass is 479 g/mol. The quantitative estimate of drug-likeness (QED) is 0.356. The maximum atomic E-state index is 13.8. The van der Waals surface area contributed by atoms with Gasteiger partial charge in [0.15, 0.2) is 4.80 Å². The molecule has 0 amide bonds. The normalized spacial score (nSPS) is 17.4. The van der Waals surface area contributed by atoms with Crippen LogP contribution in [-0.4, -0.2) is 9.13 Å². The van der Waals surface area contributed by atoms with Crippen LogP contribution in [0.15, 0.2) is 87.6 Å². The minimum atomic E-state index is -0.0886. The van der Waals surface area contributed by atoms with Crippen LogP contribution in [0.1, 0.15) is 34.0 Å². The first-order valence-corrected chi connectivity index (χ1v) is 13.1. The Morgan fingerprint density at radius 2 is 1.88 bits per heavy atom. The molecule has 0 N–H and O–H groups in total. The molecule has 7 rings (SSSR count). The largest absolute Gasteiger partial charge is 0.350 e. The van der Waals surface area contributed by atoms with E-state index in [1.54, 1.807) is 11.3 Å². The van der Waals surface area contributed by atoms with Gasteiger partial charge < -0.3 is 4.57 Å². The molecule has 0 radical (unpaired) electrons. The van der Waals surface area contributed by atoms with E-state index >= 15 is 0 Å².